The summed E-state index contributed by atoms with van der Waals surface area (Å²) in [5, 5.41) is 3.18. The molecule has 1 heterocycles. The van der Waals surface area contributed by atoms with Crippen molar-refractivity contribution in [3.63, 3.8) is 0 Å². The molecule has 0 aliphatic heterocycles. The van der Waals surface area contributed by atoms with Crippen molar-refractivity contribution in [2.45, 2.75) is 40.0 Å². The highest BCUT2D eigenvalue weighted by Gasteiger charge is 2.27. The Morgan fingerprint density at radius 2 is 1.76 bits per heavy atom. The number of hydrogen-bond acceptors (Lipinski definition) is 5. The first-order valence-corrected chi connectivity index (χ1v) is 10.6. The predicted octanol–water partition coefficient (Wildman–Crippen LogP) is 4.29. The zero-order valence-corrected chi connectivity index (χ0v) is 18.2. The van der Waals surface area contributed by atoms with Crippen molar-refractivity contribution < 1.29 is 19.1 Å². The van der Waals surface area contributed by atoms with Crippen LogP contribution in [0.1, 0.15) is 57.8 Å². The standard InChI is InChI=1S/C22H28N2O4S/c1-5-24(6-2)21(26)19-15(3)18(22(27)28-4)20(29-19)23-17(25)14-10-13-16-11-8-7-9-12-16/h7-9,11-12H,5-6,10,13-14H2,1-4H3,(H,23,25). The van der Waals surface area contributed by atoms with Gasteiger partial charge < -0.3 is 15.0 Å². The molecule has 0 saturated carbocycles. The number of amides is 2. The van der Waals surface area contributed by atoms with Gasteiger partial charge in [-0.3, -0.25) is 9.59 Å². The maximum atomic E-state index is 12.8. The first-order chi connectivity index (χ1) is 13.9. The third-order valence-electron chi connectivity index (χ3n) is 4.75. The summed E-state index contributed by atoms with van der Waals surface area (Å²) in [6.07, 6.45) is 1.82. The maximum absolute atomic E-state index is 12.8. The van der Waals surface area contributed by atoms with Gasteiger partial charge in [-0.2, -0.15) is 0 Å². The second kappa shape index (κ2) is 10.8. The van der Waals surface area contributed by atoms with E-state index in [9.17, 15) is 14.4 Å². The van der Waals surface area contributed by atoms with Gasteiger partial charge in [0.25, 0.3) is 5.91 Å². The van der Waals surface area contributed by atoms with E-state index in [1.54, 1.807) is 11.8 Å². The van der Waals surface area contributed by atoms with E-state index in [1.165, 1.54) is 12.7 Å². The summed E-state index contributed by atoms with van der Waals surface area (Å²) in [5.41, 5.74) is 1.97. The molecule has 1 aromatic carbocycles. The number of carbonyl (C=O) groups is 3. The van der Waals surface area contributed by atoms with Crippen molar-refractivity contribution in [2.24, 2.45) is 0 Å². The Bertz CT molecular complexity index is 857. The highest BCUT2D eigenvalue weighted by atomic mass is 32.1. The molecule has 0 spiro atoms. The molecule has 6 nitrogen and oxygen atoms in total. The minimum absolute atomic E-state index is 0.146. The summed E-state index contributed by atoms with van der Waals surface area (Å²) >= 11 is 1.13. The van der Waals surface area contributed by atoms with Gasteiger partial charge in [-0.15, -0.1) is 11.3 Å². The number of benzene rings is 1. The van der Waals surface area contributed by atoms with Gasteiger partial charge in [0.2, 0.25) is 5.91 Å². The molecule has 0 bridgehead atoms. The molecule has 2 amide bonds. The van der Waals surface area contributed by atoms with Crippen LogP contribution < -0.4 is 5.32 Å². The van der Waals surface area contributed by atoms with Crippen LogP contribution in [0.25, 0.3) is 0 Å². The Morgan fingerprint density at radius 3 is 2.34 bits per heavy atom. The van der Waals surface area contributed by atoms with Crippen molar-refractivity contribution in [1.82, 2.24) is 4.90 Å². The largest absolute Gasteiger partial charge is 0.465 e. The molecular formula is C22H28N2O4S. The lowest BCUT2D eigenvalue weighted by molar-refractivity contribution is -0.116. The molecule has 0 aliphatic carbocycles. The fraction of sp³-hybridized carbons (Fsp3) is 0.409. The number of thiophene rings is 1. The van der Waals surface area contributed by atoms with E-state index in [0.29, 0.717) is 41.4 Å². The second-order valence-corrected chi connectivity index (χ2v) is 7.64. The van der Waals surface area contributed by atoms with Crippen LogP contribution in [0, 0.1) is 6.92 Å². The average molecular weight is 417 g/mol. The van der Waals surface area contributed by atoms with Crippen molar-refractivity contribution in [3.8, 4) is 0 Å². The van der Waals surface area contributed by atoms with E-state index >= 15 is 0 Å². The number of rotatable bonds is 9. The molecule has 2 aromatic rings. The van der Waals surface area contributed by atoms with Gasteiger partial charge in [0.15, 0.2) is 0 Å². The predicted molar refractivity (Wildman–Crippen MR) is 116 cm³/mol. The first-order valence-electron chi connectivity index (χ1n) is 9.77. The highest BCUT2D eigenvalue weighted by molar-refractivity contribution is 7.18. The molecule has 0 radical (unpaired) electrons. The third kappa shape index (κ3) is 5.67. The number of carbonyl (C=O) groups excluding carboxylic acids is 3. The Kier molecular flexibility index (Phi) is 8.39. The van der Waals surface area contributed by atoms with Crippen LogP contribution in [0.2, 0.25) is 0 Å². The zero-order chi connectivity index (χ0) is 21.4. The maximum Gasteiger partial charge on any atom is 0.341 e. The van der Waals surface area contributed by atoms with Crippen molar-refractivity contribution >= 4 is 34.1 Å². The van der Waals surface area contributed by atoms with Crippen LogP contribution in [0.3, 0.4) is 0 Å². The number of anilines is 1. The number of nitrogens with one attached hydrogen (secondary N) is 1. The van der Waals surface area contributed by atoms with Crippen LogP contribution in [0.15, 0.2) is 30.3 Å². The molecular weight excluding hydrogens is 388 g/mol. The number of nitrogens with zero attached hydrogens (tertiary/aromatic N) is 1. The smallest absolute Gasteiger partial charge is 0.341 e. The molecule has 0 atom stereocenters. The van der Waals surface area contributed by atoms with Gasteiger partial charge >= 0.3 is 5.97 Å². The van der Waals surface area contributed by atoms with Gasteiger partial charge in [0, 0.05) is 19.5 Å². The molecule has 7 heteroatoms. The average Bonchev–Trinajstić information content (AvgIpc) is 3.04. The van der Waals surface area contributed by atoms with Crippen molar-refractivity contribution in [1.29, 1.82) is 0 Å². The van der Waals surface area contributed by atoms with Crippen LogP contribution >= 0.6 is 11.3 Å². The number of aryl methyl sites for hydroxylation is 1. The van der Waals surface area contributed by atoms with E-state index in [2.05, 4.69) is 5.32 Å². The lowest BCUT2D eigenvalue weighted by atomic mass is 10.1. The number of hydrogen-bond donors (Lipinski definition) is 1. The highest BCUT2D eigenvalue weighted by Crippen LogP contribution is 2.34. The van der Waals surface area contributed by atoms with Crippen molar-refractivity contribution in [2.75, 3.05) is 25.5 Å². The summed E-state index contributed by atoms with van der Waals surface area (Å²) in [5.74, 6) is -0.890. The van der Waals surface area contributed by atoms with E-state index in [-0.39, 0.29) is 17.4 Å². The van der Waals surface area contributed by atoms with E-state index < -0.39 is 5.97 Å². The molecule has 0 fully saturated rings. The topological polar surface area (TPSA) is 75.7 Å². The minimum Gasteiger partial charge on any atom is -0.465 e. The summed E-state index contributed by atoms with van der Waals surface area (Å²) in [4.78, 5) is 39.7. The summed E-state index contributed by atoms with van der Waals surface area (Å²) in [7, 11) is 1.29. The van der Waals surface area contributed by atoms with Crippen molar-refractivity contribution in [3.05, 3.63) is 51.9 Å². The van der Waals surface area contributed by atoms with Gasteiger partial charge in [-0.05, 0) is 44.7 Å². The Hall–Kier alpha value is -2.67. The van der Waals surface area contributed by atoms with E-state index in [0.717, 1.165) is 17.8 Å². The Balaban J connectivity index is 2.15. The Labute approximate surface area is 175 Å². The Morgan fingerprint density at radius 1 is 1.10 bits per heavy atom. The lowest BCUT2D eigenvalue weighted by Crippen LogP contribution is -2.30. The minimum atomic E-state index is -0.558. The molecule has 0 saturated heterocycles. The fourth-order valence-electron chi connectivity index (χ4n) is 3.09. The zero-order valence-electron chi connectivity index (χ0n) is 17.4. The molecule has 2 rings (SSSR count). The fourth-order valence-corrected chi connectivity index (χ4v) is 4.27. The van der Waals surface area contributed by atoms with Gasteiger partial charge in [0.05, 0.1) is 17.6 Å². The summed E-state index contributed by atoms with van der Waals surface area (Å²) < 4.78 is 4.88. The van der Waals surface area contributed by atoms with E-state index in [4.69, 9.17) is 4.74 Å². The molecule has 0 aliphatic rings. The van der Waals surface area contributed by atoms with Gasteiger partial charge in [-0.1, -0.05) is 30.3 Å². The van der Waals surface area contributed by atoms with Crippen LogP contribution in [-0.4, -0.2) is 42.9 Å². The number of ether oxygens (including phenoxy) is 1. The van der Waals surface area contributed by atoms with Crippen LogP contribution in [-0.2, 0) is 16.0 Å². The van der Waals surface area contributed by atoms with Crippen LogP contribution in [0.5, 0.6) is 0 Å². The number of esters is 1. The lowest BCUT2D eigenvalue weighted by Gasteiger charge is -2.17. The quantitative estimate of drug-likeness (QED) is 0.619. The summed E-state index contributed by atoms with van der Waals surface area (Å²) in [6.45, 7) is 6.66. The van der Waals surface area contributed by atoms with Crippen LogP contribution in [0.4, 0.5) is 5.00 Å². The SMILES string of the molecule is CCN(CC)C(=O)c1sc(NC(=O)CCCc2ccccc2)c(C(=O)OC)c1C. The molecule has 156 valence electrons. The normalized spacial score (nSPS) is 10.5. The third-order valence-corrected chi connectivity index (χ3v) is 5.94. The van der Waals surface area contributed by atoms with E-state index in [1.807, 2.05) is 44.2 Å². The summed E-state index contributed by atoms with van der Waals surface area (Å²) in [6, 6.07) is 9.96. The second-order valence-electron chi connectivity index (χ2n) is 6.62. The molecule has 29 heavy (non-hydrogen) atoms. The molecule has 0 unspecified atom stereocenters. The molecule has 1 aromatic heterocycles. The molecule has 1 N–H and O–H groups in total. The number of methoxy groups -OCH3 is 1. The van der Waals surface area contributed by atoms with Gasteiger partial charge in [-0.25, -0.2) is 4.79 Å². The monoisotopic (exact) mass is 416 g/mol. The van der Waals surface area contributed by atoms with Gasteiger partial charge in [0.1, 0.15) is 5.00 Å². The first kappa shape index (κ1) is 22.6.